The molecule has 0 radical (unpaired) electrons. The number of rotatable bonds is 5. The predicted molar refractivity (Wildman–Crippen MR) is 79.5 cm³/mol. The fraction of sp³-hybridized carbons (Fsp3) is 0.188. The van der Waals surface area contributed by atoms with E-state index in [2.05, 4.69) is 5.32 Å². The van der Waals surface area contributed by atoms with Crippen molar-refractivity contribution in [1.82, 2.24) is 5.32 Å². The van der Waals surface area contributed by atoms with Crippen LogP contribution in [0.3, 0.4) is 0 Å². The van der Waals surface area contributed by atoms with Gasteiger partial charge in [0.25, 0.3) is 0 Å². The van der Waals surface area contributed by atoms with E-state index in [0.29, 0.717) is 0 Å². The van der Waals surface area contributed by atoms with Gasteiger partial charge >= 0.3 is 0 Å². The van der Waals surface area contributed by atoms with Crippen LogP contribution in [0.2, 0.25) is 5.02 Å². The first-order valence-corrected chi connectivity index (χ1v) is 6.87. The number of carbonyl (C=O) groups is 1. The van der Waals surface area contributed by atoms with E-state index in [4.69, 9.17) is 11.6 Å². The number of aliphatic hydroxyl groups excluding tert-OH is 1. The summed E-state index contributed by atoms with van der Waals surface area (Å²) < 4.78 is 13.6. The van der Waals surface area contributed by atoms with Crippen molar-refractivity contribution < 1.29 is 14.3 Å². The Labute approximate surface area is 127 Å². The lowest BCUT2D eigenvalue weighted by Crippen LogP contribution is -2.32. The number of nitrogens with one attached hydrogen (secondary N) is 1. The van der Waals surface area contributed by atoms with Crippen LogP contribution >= 0.6 is 11.6 Å². The second-order valence-corrected chi connectivity index (χ2v) is 5.00. The zero-order chi connectivity index (χ0) is 15.2. The second-order valence-electron chi connectivity index (χ2n) is 4.59. The van der Waals surface area contributed by atoms with E-state index < -0.39 is 17.8 Å². The Morgan fingerprint density at radius 1 is 1.19 bits per heavy atom. The van der Waals surface area contributed by atoms with Gasteiger partial charge in [-0.05, 0) is 17.7 Å². The molecule has 1 atom stereocenters. The first-order valence-electron chi connectivity index (χ1n) is 6.50. The van der Waals surface area contributed by atoms with E-state index in [1.54, 1.807) is 12.1 Å². The highest BCUT2D eigenvalue weighted by Gasteiger charge is 2.16. The summed E-state index contributed by atoms with van der Waals surface area (Å²) in [6, 6.07) is 12.8. The molecule has 0 saturated heterocycles. The molecule has 0 aromatic heterocycles. The molecule has 0 spiro atoms. The van der Waals surface area contributed by atoms with Crippen molar-refractivity contribution in [3.05, 3.63) is 70.5 Å². The van der Waals surface area contributed by atoms with E-state index in [1.807, 2.05) is 18.2 Å². The molecule has 2 rings (SSSR count). The van der Waals surface area contributed by atoms with Crippen LogP contribution in [0.5, 0.6) is 0 Å². The number of hydrogen-bond acceptors (Lipinski definition) is 2. The van der Waals surface area contributed by atoms with E-state index >= 15 is 0 Å². The van der Waals surface area contributed by atoms with Crippen LogP contribution in [-0.2, 0) is 11.2 Å². The smallest absolute Gasteiger partial charge is 0.225 e. The van der Waals surface area contributed by atoms with Crippen LogP contribution in [0.15, 0.2) is 48.5 Å². The van der Waals surface area contributed by atoms with Crippen LogP contribution in [0.4, 0.5) is 4.39 Å². The van der Waals surface area contributed by atoms with Crippen molar-refractivity contribution in [1.29, 1.82) is 0 Å². The van der Waals surface area contributed by atoms with Gasteiger partial charge in [0.2, 0.25) is 5.91 Å². The van der Waals surface area contributed by atoms with Crippen LogP contribution in [0.1, 0.15) is 17.2 Å². The second kappa shape index (κ2) is 7.20. The molecular formula is C16H15ClFNO2. The minimum Gasteiger partial charge on any atom is -0.394 e. The summed E-state index contributed by atoms with van der Waals surface area (Å²) in [5.74, 6) is -0.914. The molecule has 21 heavy (non-hydrogen) atoms. The number of amides is 1. The van der Waals surface area contributed by atoms with Crippen LogP contribution in [0, 0.1) is 5.82 Å². The summed E-state index contributed by atoms with van der Waals surface area (Å²) >= 11 is 5.89. The number of benzene rings is 2. The maximum Gasteiger partial charge on any atom is 0.225 e. The zero-order valence-corrected chi connectivity index (χ0v) is 12.0. The summed E-state index contributed by atoms with van der Waals surface area (Å²) in [5, 5.41) is 12.3. The average Bonchev–Trinajstić information content (AvgIpc) is 2.49. The summed E-state index contributed by atoms with van der Waals surface area (Å²) in [5.41, 5.74) is 0.939. The van der Waals surface area contributed by atoms with Gasteiger partial charge in [0.15, 0.2) is 0 Å². The lowest BCUT2D eigenvalue weighted by molar-refractivity contribution is -0.121. The van der Waals surface area contributed by atoms with Crippen molar-refractivity contribution in [2.45, 2.75) is 12.5 Å². The number of carbonyl (C=O) groups excluding carboxylic acids is 1. The van der Waals surface area contributed by atoms with Gasteiger partial charge in [0.05, 0.1) is 19.1 Å². The van der Waals surface area contributed by atoms with Gasteiger partial charge in [-0.2, -0.15) is 0 Å². The van der Waals surface area contributed by atoms with Gasteiger partial charge in [0, 0.05) is 10.6 Å². The molecule has 3 nitrogen and oxygen atoms in total. The highest BCUT2D eigenvalue weighted by atomic mass is 35.5. The molecule has 2 aromatic rings. The summed E-state index contributed by atoms with van der Waals surface area (Å²) in [7, 11) is 0. The number of hydrogen-bond donors (Lipinski definition) is 2. The lowest BCUT2D eigenvalue weighted by atomic mass is 10.1. The van der Waals surface area contributed by atoms with Crippen LogP contribution < -0.4 is 5.32 Å². The number of halogens is 2. The molecule has 1 amide bonds. The molecule has 0 bridgehead atoms. The molecule has 5 heteroatoms. The van der Waals surface area contributed by atoms with Crippen molar-refractivity contribution in [3.63, 3.8) is 0 Å². The van der Waals surface area contributed by atoms with Gasteiger partial charge in [-0.15, -0.1) is 0 Å². The van der Waals surface area contributed by atoms with E-state index in [0.717, 1.165) is 5.56 Å². The van der Waals surface area contributed by atoms with Crippen molar-refractivity contribution >= 4 is 17.5 Å². The monoisotopic (exact) mass is 307 g/mol. The molecule has 1 unspecified atom stereocenters. The normalized spacial score (nSPS) is 12.0. The fourth-order valence-electron chi connectivity index (χ4n) is 2.03. The maximum absolute atomic E-state index is 13.6. The number of aliphatic hydroxyl groups is 1. The molecule has 0 heterocycles. The van der Waals surface area contributed by atoms with Crippen molar-refractivity contribution in [3.8, 4) is 0 Å². The largest absolute Gasteiger partial charge is 0.394 e. The molecule has 0 fully saturated rings. The third kappa shape index (κ3) is 4.03. The molecule has 0 aliphatic carbocycles. The molecule has 0 aliphatic heterocycles. The van der Waals surface area contributed by atoms with Crippen molar-refractivity contribution in [2.75, 3.05) is 6.61 Å². The van der Waals surface area contributed by atoms with Gasteiger partial charge < -0.3 is 10.4 Å². The Hall–Kier alpha value is -1.91. The van der Waals surface area contributed by atoms with E-state index in [1.165, 1.54) is 18.2 Å². The summed E-state index contributed by atoms with van der Waals surface area (Å²) in [4.78, 5) is 12.0. The highest BCUT2D eigenvalue weighted by molar-refractivity contribution is 6.31. The van der Waals surface area contributed by atoms with E-state index in [9.17, 15) is 14.3 Å². The molecule has 0 aliphatic rings. The first-order chi connectivity index (χ1) is 10.1. The average molecular weight is 308 g/mol. The Morgan fingerprint density at radius 2 is 1.90 bits per heavy atom. The van der Waals surface area contributed by atoms with E-state index in [-0.39, 0.29) is 23.6 Å². The summed E-state index contributed by atoms with van der Waals surface area (Å²) in [6.45, 7) is -0.235. The molecule has 110 valence electrons. The molecule has 2 aromatic carbocycles. The maximum atomic E-state index is 13.6. The topological polar surface area (TPSA) is 49.3 Å². The Balaban J connectivity index is 2.07. The van der Waals surface area contributed by atoms with Gasteiger partial charge in [0.1, 0.15) is 5.82 Å². The fourth-order valence-corrected chi connectivity index (χ4v) is 2.26. The molecular weight excluding hydrogens is 293 g/mol. The van der Waals surface area contributed by atoms with Crippen molar-refractivity contribution in [2.24, 2.45) is 0 Å². The molecule has 0 saturated carbocycles. The molecule has 2 N–H and O–H groups in total. The van der Waals surface area contributed by atoms with Crippen LogP contribution in [-0.4, -0.2) is 17.6 Å². The third-order valence-corrected chi connectivity index (χ3v) is 3.47. The minimum atomic E-state index is -0.524. The Bertz CT molecular complexity index is 599. The van der Waals surface area contributed by atoms with Crippen LogP contribution in [0.25, 0.3) is 0 Å². The first kappa shape index (κ1) is 15.5. The minimum absolute atomic E-state index is 0.154. The van der Waals surface area contributed by atoms with Gasteiger partial charge in [-0.3, -0.25) is 4.79 Å². The Kier molecular flexibility index (Phi) is 5.31. The van der Waals surface area contributed by atoms with Gasteiger partial charge in [-0.25, -0.2) is 4.39 Å². The summed E-state index contributed by atoms with van der Waals surface area (Å²) in [6.07, 6.45) is -0.172. The lowest BCUT2D eigenvalue weighted by Gasteiger charge is -2.17. The zero-order valence-electron chi connectivity index (χ0n) is 11.2. The Morgan fingerprint density at radius 3 is 2.52 bits per heavy atom. The predicted octanol–water partition coefficient (Wildman–Crippen LogP) is 2.87. The third-order valence-electron chi connectivity index (χ3n) is 3.12. The quantitative estimate of drug-likeness (QED) is 0.892. The highest BCUT2D eigenvalue weighted by Crippen LogP contribution is 2.20. The van der Waals surface area contributed by atoms with Gasteiger partial charge in [-0.1, -0.05) is 48.0 Å². The SMILES string of the molecule is O=C(Cc1c(F)cccc1Cl)NC(CO)c1ccccc1. The standard InChI is InChI=1S/C16H15ClFNO2/c17-13-7-4-8-14(18)12(13)9-16(21)19-15(10-20)11-5-2-1-3-6-11/h1-8,15,20H,9-10H2,(H,19,21).